The molecule has 0 unspecified atom stereocenters. The van der Waals surface area contributed by atoms with Gasteiger partial charge in [-0.1, -0.05) is 23.7 Å². The number of hydrogen-bond acceptors (Lipinski definition) is 6. The van der Waals surface area contributed by atoms with E-state index in [9.17, 15) is 15.3 Å². The van der Waals surface area contributed by atoms with E-state index < -0.39 is 37.3 Å². The molecular formula is C12H15ClO6. The van der Waals surface area contributed by atoms with E-state index in [4.69, 9.17) is 26.2 Å². The van der Waals surface area contributed by atoms with Crippen molar-refractivity contribution in [2.24, 2.45) is 0 Å². The molecule has 2 rings (SSSR count). The highest BCUT2D eigenvalue weighted by Crippen LogP contribution is 2.28. The summed E-state index contributed by atoms with van der Waals surface area (Å²) < 4.78 is 10.6. The summed E-state index contributed by atoms with van der Waals surface area (Å²) in [5.74, 6) is 0.272. The van der Waals surface area contributed by atoms with Crippen LogP contribution in [0.2, 0.25) is 5.02 Å². The van der Waals surface area contributed by atoms with Crippen molar-refractivity contribution in [2.45, 2.75) is 30.7 Å². The van der Waals surface area contributed by atoms with Gasteiger partial charge in [0.15, 0.2) is 0 Å². The number of aliphatic hydroxyl groups is 4. The fourth-order valence-corrected chi connectivity index (χ4v) is 2.01. The van der Waals surface area contributed by atoms with Crippen LogP contribution in [0.15, 0.2) is 24.3 Å². The van der Waals surface area contributed by atoms with Crippen LogP contribution < -0.4 is 4.74 Å². The van der Waals surface area contributed by atoms with Crippen molar-refractivity contribution in [3.63, 3.8) is 0 Å². The van der Waals surface area contributed by atoms with Gasteiger partial charge in [-0.2, -0.15) is 0 Å². The van der Waals surface area contributed by atoms with E-state index in [0.717, 1.165) is 0 Å². The van der Waals surface area contributed by atoms with Gasteiger partial charge in [-0.15, -0.1) is 0 Å². The second kappa shape index (κ2) is 6.04. The third-order valence-corrected chi connectivity index (χ3v) is 3.24. The largest absolute Gasteiger partial charge is 0.460 e. The van der Waals surface area contributed by atoms with Gasteiger partial charge < -0.3 is 29.9 Å². The van der Waals surface area contributed by atoms with Gasteiger partial charge in [-0.25, -0.2) is 0 Å². The van der Waals surface area contributed by atoms with E-state index in [0.29, 0.717) is 5.02 Å². The summed E-state index contributed by atoms with van der Waals surface area (Å²) in [6.45, 7) is -0.507. The van der Waals surface area contributed by atoms with Gasteiger partial charge in [0.25, 0.3) is 0 Å². The third-order valence-electron chi connectivity index (χ3n) is 2.93. The van der Waals surface area contributed by atoms with Crippen LogP contribution in [0.1, 0.15) is 0 Å². The molecule has 1 fully saturated rings. The second-order valence-corrected chi connectivity index (χ2v) is 4.65. The van der Waals surface area contributed by atoms with Crippen LogP contribution in [0.4, 0.5) is 0 Å². The van der Waals surface area contributed by atoms with Crippen LogP contribution in [0.3, 0.4) is 0 Å². The van der Waals surface area contributed by atoms with Crippen LogP contribution in [-0.2, 0) is 4.74 Å². The van der Waals surface area contributed by atoms with Gasteiger partial charge >= 0.3 is 0 Å². The molecule has 6 nitrogen and oxygen atoms in total. The Morgan fingerprint density at radius 3 is 2.42 bits per heavy atom. The molecule has 5 atom stereocenters. The standard InChI is InChI=1S/C12H15ClO6/c13-6-3-1-2-4-7(6)18-12-11(17)10(16)9(15)8(5-14)19-12/h1-4,8-12,14-17H,5H2/t8-,9+,10+,11-,12+/m0/s1. The zero-order valence-electron chi connectivity index (χ0n) is 9.89. The fourth-order valence-electron chi connectivity index (χ4n) is 1.83. The molecular weight excluding hydrogens is 276 g/mol. The van der Waals surface area contributed by atoms with E-state index in [1.165, 1.54) is 0 Å². The van der Waals surface area contributed by atoms with Crippen molar-refractivity contribution < 1.29 is 29.9 Å². The van der Waals surface area contributed by atoms with Gasteiger partial charge in [-0.05, 0) is 12.1 Å². The lowest BCUT2D eigenvalue weighted by Crippen LogP contribution is -2.60. The van der Waals surface area contributed by atoms with Crippen molar-refractivity contribution >= 4 is 11.6 Å². The number of hydrogen-bond donors (Lipinski definition) is 4. The Labute approximate surface area is 114 Å². The van der Waals surface area contributed by atoms with E-state index in [2.05, 4.69) is 0 Å². The lowest BCUT2D eigenvalue weighted by atomic mass is 9.99. The molecule has 0 amide bonds. The minimum atomic E-state index is -1.47. The predicted molar refractivity (Wildman–Crippen MR) is 65.8 cm³/mol. The zero-order valence-corrected chi connectivity index (χ0v) is 10.6. The van der Waals surface area contributed by atoms with Gasteiger partial charge in [0.1, 0.15) is 30.2 Å². The summed E-state index contributed by atoms with van der Waals surface area (Å²) in [5, 5.41) is 38.4. The van der Waals surface area contributed by atoms with Crippen molar-refractivity contribution in [3.05, 3.63) is 29.3 Å². The van der Waals surface area contributed by atoms with Crippen LogP contribution in [0.5, 0.6) is 5.75 Å². The molecule has 1 heterocycles. The molecule has 1 aliphatic heterocycles. The van der Waals surface area contributed by atoms with Gasteiger partial charge in [0, 0.05) is 0 Å². The number of ether oxygens (including phenoxy) is 2. The van der Waals surface area contributed by atoms with Crippen LogP contribution in [0.25, 0.3) is 0 Å². The SMILES string of the molecule is OC[C@@H]1O[C@@H](Oc2ccccc2Cl)[C@@H](O)[C@H](O)[C@@H]1O. The molecule has 1 aliphatic rings. The number of halogens is 1. The molecule has 0 radical (unpaired) electrons. The van der Waals surface area contributed by atoms with Crippen molar-refractivity contribution in [1.82, 2.24) is 0 Å². The molecule has 0 bridgehead atoms. The van der Waals surface area contributed by atoms with E-state index in [-0.39, 0.29) is 5.75 Å². The van der Waals surface area contributed by atoms with Crippen LogP contribution in [-0.4, -0.2) is 57.7 Å². The van der Waals surface area contributed by atoms with Crippen molar-refractivity contribution in [3.8, 4) is 5.75 Å². The summed E-state index contributed by atoms with van der Waals surface area (Å²) in [5.41, 5.74) is 0. The van der Waals surface area contributed by atoms with E-state index in [1.54, 1.807) is 24.3 Å². The Morgan fingerprint density at radius 1 is 1.11 bits per heavy atom. The minimum absolute atomic E-state index is 0.272. The molecule has 1 aromatic carbocycles. The molecule has 0 aliphatic carbocycles. The topological polar surface area (TPSA) is 99.4 Å². The summed E-state index contributed by atoms with van der Waals surface area (Å²) in [7, 11) is 0. The average Bonchev–Trinajstić information content (AvgIpc) is 2.41. The van der Waals surface area contributed by atoms with Gasteiger partial charge in [0.2, 0.25) is 6.29 Å². The highest BCUT2D eigenvalue weighted by atomic mass is 35.5. The molecule has 19 heavy (non-hydrogen) atoms. The third kappa shape index (κ3) is 3.00. The lowest BCUT2D eigenvalue weighted by molar-refractivity contribution is -0.277. The quantitative estimate of drug-likeness (QED) is 0.600. The predicted octanol–water partition coefficient (Wildman–Crippen LogP) is -0.481. The summed E-state index contributed by atoms with van der Waals surface area (Å²) in [6.07, 6.45) is -6.57. The molecule has 4 N–H and O–H groups in total. The first-order valence-corrected chi connectivity index (χ1v) is 6.14. The number of aliphatic hydroxyl groups excluding tert-OH is 4. The minimum Gasteiger partial charge on any atom is -0.460 e. The summed E-state index contributed by atoms with van der Waals surface area (Å²) in [4.78, 5) is 0. The monoisotopic (exact) mass is 290 g/mol. The first-order chi connectivity index (χ1) is 9.04. The molecule has 1 aromatic rings. The number of benzene rings is 1. The van der Waals surface area contributed by atoms with Gasteiger partial charge in [-0.3, -0.25) is 0 Å². The Hall–Kier alpha value is -0.890. The second-order valence-electron chi connectivity index (χ2n) is 4.25. The van der Waals surface area contributed by atoms with Crippen LogP contribution in [0, 0.1) is 0 Å². The fraction of sp³-hybridized carbons (Fsp3) is 0.500. The van der Waals surface area contributed by atoms with Gasteiger partial charge in [0.05, 0.1) is 11.6 Å². The van der Waals surface area contributed by atoms with E-state index >= 15 is 0 Å². The first kappa shape index (κ1) is 14.5. The Morgan fingerprint density at radius 2 is 1.79 bits per heavy atom. The molecule has 1 saturated heterocycles. The Bertz CT molecular complexity index is 426. The summed E-state index contributed by atoms with van der Waals surface area (Å²) >= 11 is 5.90. The van der Waals surface area contributed by atoms with Crippen molar-refractivity contribution in [2.75, 3.05) is 6.61 Å². The highest BCUT2D eigenvalue weighted by molar-refractivity contribution is 6.32. The first-order valence-electron chi connectivity index (χ1n) is 5.76. The Balaban J connectivity index is 2.13. The maximum atomic E-state index is 9.79. The molecule has 106 valence electrons. The maximum absolute atomic E-state index is 9.79. The normalized spacial score (nSPS) is 35.1. The lowest BCUT2D eigenvalue weighted by Gasteiger charge is -2.39. The molecule has 7 heteroatoms. The summed E-state index contributed by atoms with van der Waals surface area (Å²) in [6, 6.07) is 6.57. The molecule has 0 spiro atoms. The van der Waals surface area contributed by atoms with Crippen molar-refractivity contribution in [1.29, 1.82) is 0 Å². The smallest absolute Gasteiger partial charge is 0.229 e. The Kier molecular flexibility index (Phi) is 4.62. The van der Waals surface area contributed by atoms with E-state index in [1.807, 2.05) is 0 Å². The number of rotatable bonds is 3. The molecule has 0 aromatic heterocycles. The van der Waals surface area contributed by atoms with Crippen LogP contribution >= 0.6 is 11.6 Å². The zero-order chi connectivity index (χ0) is 14.0. The number of para-hydroxylation sites is 1. The highest BCUT2D eigenvalue weighted by Gasteiger charge is 2.44. The molecule has 0 saturated carbocycles. The average molecular weight is 291 g/mol. The maximum Gasteiger partial charge on any atom is 0.229 e.